The molecule has 0 aromatic rings. The zero-order valence-electron chi connectivity index (χ0n) is 18.6. The van der Waals surface area contributed by atoms with Crippen LogP contribution in [0.1, 0.15) is 91.4 Å². The van der Waals surface area contributed by atoms with Gasteiger partial charge in [0.1, 0.15) is 6.10 Å². The maximum absolute atomic E-state index is 11.1. The van der Waals surface area contributed by atoms with E-state index in [1.165, 1.54) is 44.9 Å². The molecule has 9 atom stereocenters. The lowest BCUT2D eigenvalue weighted by Crippen LogP contribution is -2.54. The summed E-state index contributed by atoms with van der Waals surface area (Å²) in [7, 11) is 0. The molecule has 0 aromatic heterocycles. The van der Waals surface area contributed by atoms with Crippen molar-refractivity contribution in [1.82, 2.24) is 0 Å². The zero-order chi connectivity index (χ0) is 20.8. The fourth-order valence-corrected chi connectivity index (χ4v) is 8.95. The number of fused-ring (bicyclic) bond motifs is 5. The first-order chi connectivity index (χ1) is 13.8. The van der Waals surface area contributed by atoms with E-state index in [2.05, 4.69) is 20.8 Å². The molecule has 4 aliphatic carbocycles. The van der Waals surface area contributed by atoms with Gasteiger partial charge in [-0.15, -0.1) is 0 Å². The SMILES string of the molecule is CC(CCC(=O)O)C1CCC2C3CCC4CC(OC=O)CCC4(C)C3CCC12C. The number of carboxylic acid groups (broad SMARTS) is 1. The van der Waals surface area contributed by atoms with Crippen molar-refractivity contribution in [1.29, 1.82) is 0 Å². The minimum Gasteiger partial charge on any atom is -0.481 e. The van der Waals surface area contributed by atoms with Crippen LogP contribution < -0.4 is 0 Å². The van der Waals surface area contributed by atoms with Gasteiger partial charge in [0.15, 0.2) is 0 Å². The standard InChI is InChI=1S/C25H40O4/c1-16(4-9-23(27)28)20-7-8-21-19-6-5-17-14-18(29-15-26)10-12-24(17,2)22(19)11-13-25(20,21)3/h15-22H,4-14H2,1-3H3,(H,27,28). The second-order valence-corrected chi connectivity index (χ2v) is 11.4. The first-order valence-corrected chi connectivity index (χ1v) is 12.1. The molecule has 0 amide bonds. The van der Waals surface area contributed by atoms with E-state index >= 15 is 0 Å². The molecule has 1 N–H and O–H groups in total. The highest BCUT2D eigenvalue weighted by molar-refractivity contribution is 5.66. The lowest BCUT2D eigenvalue weighted by molar-refractivity contribution is -0.151. The Morgan fingerprint density at radius 2 is 1.79 bits per heavy atom. The Hall–Kier alpha value is -1.06. The third-order valence-electron chi connectivity index (χ3n) is 10.4. The van der Waals surface area contributed by atoms with Crippen molar-refractivity contribution < 1.29 is 19.4 Å². The van der Waals surface area contributed by atoms with Gasteiger partial charge >= 0.3 is 5.97 Å². The van der Waals surface area contributed by atoms with Gasteiger partial charge in [-0.3, -0.25) is 9.59 Å². The molecule has 4 rings (SSSR count). The van der Waals surface area contributed by atoms with Gasteiger partial charge in [-0.1, -0.05) is 20.8 Å². The molecule has 0 radical (unpaired) electrons. The number of ether oxygens (including phenoxy) is 1. The minimum absolute atomic E-state index is 0.141. The van der Waals surface area contributed by atoms with E-state index in [-0.39, 0.29) is 6.10 Å². The monoisotopic (exact) mass is 404 g/mol. The number of rotatable bonds is 6. The quantitative estimate of drug-likeness (QED) is 0.578. The van der Waals surface area contributed by atoms with Crippen LogP contribution >= 0.6 is 0 Å². The van der Waals surface area contributed by atoms with Crippen LogP contribution in [0.4, 0.5) is 0 Å². The highest BCUT2D eigenvalue weighted by Gasteiger charge is 2.60. The average molecular weight is 405 g/mol. The third-order valence-corrected chi connectivity index (χ3v) is 10.4. The summed E-state index contributed by atoms with van der Waals surface area (Å²) in [5.74, 6) is 3.75. The molecule has 0 aromatic carbocycles. The summed E-state index contributed by atoms with van der Waals surface area (Å²) in [6.07, 6.45) is 12.5. The van der Waals surface area contributed by atoms with Crippen molar-refractivity contribution in [2.45, 2.75) is 97.5 Å². The largest absolute Gasteiger partial charge is 0.481 e. The molecule has 4 aliphatic rings. The first-order valence-electron chi connectivity index (χ1n) is 12.1. The van der Waals surface area contributed by atoms with Crippen LogP contribution in [0.25, 0.3) is 0 Å². The Bertz CT molecular complexity index is 632. The Morgan fingerprint density at radius 1 is 1.07 bits per heavy atom. The van der Waals surface area contributed by atoms with E-state index in [0.29, 0.717) is 41.5 Å². The lowest BCUT2D eigenvalue weighted by Gasteiger charge is -2.61. The van der Waals surface area contributed by atoms with Crippen molar-refractivity contribution >= 4 is 12.4 Å². The summed E-state index contributed by atoms with van der Waals surface area (Å²) in [6.45, 7) is 8.05. The van der Waals surface area contributed by atoms with Crippen LogP contribution in [0, 0.1) is 46.3 Å². The molecule has 4 saturated carbocycles. The molecule has 4 fully saturated rings. The Balaban J connectivity index is 1.48. The summed E-state index contributed by atoms with van der Waals surface area (Å²) < 4.78 is 5.36. The van der Waals surface area contributed by atoms with Crippen LogP contribution in [0.3, 0.4) is 0 Å². The summed E-state index contributed by atoms with van der Waals surface area (Å²) in [6, 6.07) is 0. The van der Waals surface area contributed by atoms with Crippen molar-refractivity contribution in [3.63, 3.8) is 0 Å². The molecule has 9 unspecified atom stereocenters. The van der Waals surface area contributed by atoms with Gasteiger partial charge < -0.3 is 9.84 Å². The number of carboxylic acids is 1. The molecule has 29 heavy (non-hydrogen) atoms. The second-order valence-electron chi connectivity index (χ2n) is 11.4. The van der Waals surface area contributed by atoms with E-state index in [1.807, 2.05) is 0 Å². The number of carbonyl (C=O) groups excluding carboxylic acids is 1. The van der Waals surface area contributed by atoms with Crippen molar-refractivity contribution in [2.24, 2.45) is 46.3 Å². The van der Waals surface area contributed by atoms with Crippen LogP contribution in [0.15, 0.2) is 0 Å². The van der Waals surface area contributed by atoms with Crippen LogP contribution in [0.2, 0.25) is 0 Å². The highest BCUT2D eigenvalue weighted by Crippen LogP contribution is 2.68. The third kappa shape index (κ3) is 3.53. The summed E-state index contributed by atoms with van der Waals surface area (Å²) in [5.41, 5.74) is 0.820. The fraction of sp³-hybridized carbons (Fsp3) is 0.920. The molecule has 0 saturated heterocycles. The maximum atomic E-state index is 11.1. The second kappa shape index (κ2) is 7.89. The number of aliphatic carboxylic acids is 1. The van der Waals surface area contributed by atoms with Gasteiger partial charge in [0.2, 0.25) is 0 Å². The van der Waals surface area contributed by atoms with Crippen molar-refractivity contribution in [3.05, 3.63) is 0 Å². The average Bonchev–Trinajstić information content (AvgIpc) is 3.04. The minimum atomic E-state index is -0.652. The van der Waals surface area contributed by atoms with Gasteiger partial charge in [0.25, 0.3) is 6.47 Å². The number of hydrogen-bond donors (Lipinski definition) is 1. The maximum Gasteiger partial charge on any atom is 0.303 e. The van der Waals surface area contributed by atoms with E-state index in [1.54, 1.807) is 0 Å². The van der Waals surface area contributed by atoms with Crippen LogP contribution in [-0.2, 0) is 14.3 Å². The molecular weight excluding hydrogens is 364 g/mol. The van der Waals surface area contributed by atoms with Crippen molar-refractivity contribution in [3.8, 4) is 0 Å². The predicted octanol–water partition coefficient (Wildman–Crippen LogP) is 5.69. The summed E-state index contributed by atoms with van der Waals surface area (Å²) in [4.78, 5) is 21.9. The Morgan fingerprint density at radius 3 is 2.52 bits per heavy atom. The molecule has 0 bridgehead atoms. The highest BCUT2D eigenvalue weighted by atomic mass is 16.5. The van der Waals surface area contributed by atoms with Gasteiger partial charge in [-0.05, 0) is 111 Å². The fourth-order valence-electron chi connectivity index (χ4n) is 8.95. The van der Waals surface area contributed by atoms with Gasteiger partial charge in [-0.25, -0.2) is 0 Å². The topological polar surface area (TPSA) is 63.6 Å². The van der Waals surface area contributed by atoms with Gasteiger partial charge in [0, 0.05) is 6.42 Å². The molecule has 4 heteroatoms. The molecule has 4 nitrogen and oxygen atoms in total. The zero-order valence-corrected chi connectivity index (χ0v) is 18.6. The van der Waals surface area contributed by atoms with Crippen molar-refractivity contribution in [2.75, 3.05) is 0 Å². The molecule has 0 aliphatic heterocycles. The van der Waals surface area contributed by atoms with Gasteiger partial charge in [0.05, 0.1) is 0 Å². The molecule has 164 valence electrons. The van der Waals surface area contributed by atoms with E-state index in [9.17, 15) is 9.59 Å². The number of hydrogen-bond acceptors (Lipinski definition) is 3. The van der Waals surface area contributed by atoms with E-state index < -0.39 is 5.97 Å². The van der Waals surface area contributed by atoms with E-state index in [4.69, 9.17) is 9.84 Å². The van der Waals surface area contributed by atoms with E-state index in [0.717, 1.165) is 37.0 Å². The number of carbonyl (C=O) groups is 2. The normalized spacial score (nSPS) is 47.4. The lowest BCUT2D eigenvalue weighted by atomic mass is 9.44. The first kappa shape index (κ1) is 21.2. The van der Waals surface area contributed by atoms with Gasteiger partial charge in [-0.2, -0.15) is 0 Å². The Labute approximate surface area is 176 Å². The Kier molecular flexibility index (Phi) is 5.76. The summed E-state index contributed by atoms with van der Waals surface area (Å²) >= 11 is 0. The summed E-state index contributed by atoms with van der Waals surface area (Å²) in [5, 5.41) is 9.12. The molecule has 0 spiro atoms. The van der Waals surface area contributed by atoms with Crippen LogP contribution in [-0.4, -0.2) is 23.7 Å². The molecule has 0 heterocycles. The molecular formula is C25H40O4. The predicted molar refractivity (Wildman–Crippen MR) is 112 cm³/mol. The smallest absolute Gasteiger partial charge is 0.303 e. The van der Waals surface area contributed by atoms with Crippen LogP contribution in [0.5, 0.6) is 0 Å².